The second kappa shape index (κ2) is 10.6. The number of hydrogen-bond acceptors (Lipinski definition) is 5. The van der Waals surface area contributed by atoms with Crippen LogP contribution in [0.2, 0.25) is 0 Å². The maximum Gasteiger partial charge on any atom is 0.234 e. The first-order valence-electron chi connectivity index (χ1n) is 10.6. The van der Waals surface area contributed by atoms with Crippen molar-refractivity contribution >= 4 is 23.4 Å². The van der Waals surface area contributed by atoms with E-state index in [0.29, 0.717) is 29.2 Å². The van der Waals surface area contributed by atoms with Crippen molar-refractivity contribution in [1.82, 2.24) is 14.8 Å². The van der Waals surface area contributed by atoms with Crippen molar-refractivity contribution in [2.45, 2.75) is 52.4 Å². The second-order valence-electron chi connectivity index (χ2n) is 8.20. The van der Waals surface area contributed by atoms with Gasteiger partial charge >= 0.3 is 0 Å². The first-order chi connectivity index (χ1) is 15.2. The molecular weight excluding hydrogens is 427 g/mol. The number of nitrogens with one attached hydrogen (secondary N) is 1. The highest BCUT2D eigenvalue weighted by Crippen LogP contribution is 2.26. The molecule has 0 aliphatic rings. The summed E-state index contributed by atoms with van der Waals surface area (Å²) < 4.78 is 21.1. The van der Waals surface area contributed by atoms with Gasteiger partial charge in [-0.2, -0.15) is 0 Å². The third-order valence-electron chi connectivity index (χ3n) is 4.91. The SMILES string of the molecule is Cc1ccc(NC(=O)CSc2nnc(C(C)Oc3ccc(F)cc3)n2CC(C)C)cc1C. The minimum absolute atomic E-state index is 0.102. The van der Waals surface area contributed by atoms with Crippen LogP contribution in [0.1, 0.15) is 43.8 Å². The summed E-state index contributed by atoms with van der Waals surface area (Å²) in [5, 5.41) is 12.2. The Morgan fingerprint density at radius 3 is 2.47 bits per heavy atom. The van der Waals surface area contributed by atoms with Crippen molar-refractivity contribution in [2.24, 2.45) is 5.92 Å². The molecule has 8 heteroatoms. The number of ether oxygens (including phenoxy) is 1. The van der Waals surface area contributed by atoms with Crippen molar-refractivity contribution in [1.29, 1.82) is 0 Å². The Balaban J connectivity index is 1.69. The van der Waals surface area contributed by atoms with Gasteiger partial charge in [-0.15, -0.1) is 10.2 Å². The van der Waals surface area contributed by atoms with E-state index in [2.05, 4.69) is 29.4 Å². The molecule has 3 rings (SSSR count). The predicted octanol–water partition coefficient (Wildman–Crippen LogP) is 5.56. The Bertz CT molecular complexity index is 1070. The molecular formula is C24H29FN4O2S. The first-order valence-corrected chi connectivity index (χ1v) is 11.6. The van der Waals surface area contributed by atoms with E-state index in [1.807, 2.05) is 43.5 Å². The van der Waals surface area contributed by atoms with Gasteiger partial charge in [0.05, 0.1) is 5.75 Å². The molecule has 0 aliphatic heterocycles. The first kappa shape index (κ1) is 23.8. The van der Waals surface area contributed by atoms with Crippen molar-refractivity contribution in [3.05, 3.63) is 65.2 Å². The fraction of sp³-hybridized carbons (Fsp3) is 0.375. The van der Waals surface area contributed by atoms with Gasteiger partial charge < -0.3 is 14.6 Å². The van der Waals surface area contributed by atoms with Gasteiger partial charge in [0.1, 0.15) is 11.6 Å². The highest BCUT2D eigenvalue weighted by atomic mass is 32.2. The Morgan fingerprint density at radius 1 is 1.09 bits per heavy atom. The molecule has 0 aliphatic carbocycles. The zero-order chi connectivity index (χ0) is 23.3. The average Bonchev–Trinajstić information content (AvgIpc) is 3.13. The van der Waals surface area contributed by atoms with Crippen LogP contribution in [0.5, 0.6) is 5.75 Å². The van der Waals surface area contributed by atoms with Crippen molar-refractivity contribution in [2.75, 3.05) is 11.1 Å². The van der Waals surface area contributed by atoms with E-state index in [-0.39, 0.29) is 23.6 Å². The molecule has 2 aromatic carbocycles. The van der Waals surface area contributed by atoms with E-state index in [1.165, 1.54) is 29.5 Å². The molecule has 0 radical (unpaired) electrons. The number of thioether (sulfide) groups is 1. The molecule has 1 heterocycles. The van der Waals surface area contributed by atoms with E-state index in [9.17, 15) is 9.18 Å². The third kappa shape index (κ3) is 6.32. The molecule has 6 nitrogen and oxygen atoms in total. The highest BCUT2D eigenvalue weighted by Gasteiger charge is 2.21. The van der Waals surface area contributed by atoms with E-state index in [4.69, 9.17) is 4.74 Å². The van der Waals surface area contributed by atoms with Gasteiger partial charge in [0.25, 0.3) is 0 Å². The minimum atomic E-state index is -0.384. The van der Waals surface area contributed by atoms with Crippen molar-refractivity contribution < 1.29 is 13.9 Å². The number of halogens is 1. The predicted molar refractivity (Wildman–Crippen MR) is 126 cm³/mol. The molecule has 3 aromatic rings. The largest absolute Gasteiger partial charge is 0.483 e. The topological polar surface area (TPSA) is 69.0 Å². The summed E-state index contributed by atoms with van der Waals surface area (Å²) in [6.45, 7) is 10.8. The van der Waals surface area contributed by atoms with Crippen LogP contribution in [0, 0.1) is 25.6 Å². The van der Waals surface area contributed by atoms with Gasteiger partial charge in [-0.05, 0) is 74.2 Å². The molecule has 1 amide bonds. The van der Waals surface area contributed by atoms with Crippen LogP contribution in [-0.4, -0.2) is 26.4 Å². The van der Waals surface area contributed by atoms with Gasteiger partial charge in [0.15, 0.2) is 17.1 Å². The number of amides is 1. The highest BCUT2D eigenvalue weighted by molar-refractivity contribution is 7.99. The van der Waals surface area contributed by atoms with Crippen molar-refractivity contribution in [3.8, 4) is 5.75 Å². The summed E-state index contributed by atoms with van der Waals surface area (Å²) in [5.41, 5.74) is 3.10. The van der Waals surface area contributed by atoms with Crippen LogP contribution in [0.25, 0.3) is 0 Å². The fourth-order valence-electron chi connectivity index (χ4n) is 3.16. The number of carbonyl (C=O) groups is 1. The molecule has 1 aromatic heterocycles. The smallest absolute Gasteiger partial charge is 0.234 e. The molecule has 0 saturated heterocycles. The normalized spacial score (nSPS) is 12.1. The third-order valence-corrected chi connectivity index (χ3v) is 5.87. The molecule has 0 bridgehead atoms. The van der Waals surface area contributed by atoms with Crippen LogP contribution in [0.15, 0.2) is 47.6 Å². The second-order valence-corrected chi connectivity index (χ2v) is 9.14. The van der Waals surface area contributed by atoms with Gasteiger partial charge in [-0.1, -0.05) is 31.7 Å². The number of rotatable bonds is 9. The zero-order valence-electron chi connectivity index (χ0n) is 19.1. The minimum Gasteiger partial charge on any atom is -0.483 e. The van der Waals surface area contributed by atoms with Crippen molar-refractivity contribution in [3.63, 3.8) is 0 Å². The van der Waals surface area contributed by atoms with E-state index in [1.54, 1.807) is 12.1 Å². The Hall–Kier alpha value is -2.87. The molecule has 0 fully saturated rings. The number of hydrogen-bond donors (Lipinski definition) is 1. The Morgan fingerprint density at radius 2 is 1.81 bits per heavy atom. The summed E-state index contributed by atoms with van der Waals surface area (Å²) >= 11 is 1.34. The van der Waals surface area contributed by atoms with Gasteiger partial charge in [-0.25, -0.2) is 4.39 Å². The number of benzene rings is 2. The van der Waals surface area contributed by atoms with Gasteiger partial charge in [-0.3, -0.25) is 4.79 Å². The molecule has 170 valence electrons. The lowest BCUT2D eigenvalue weighted by Crippen LogP contribution is -2.17. The summed E-state index contributed by atoms with van der Waals surface area (Å²) in [5.74, 6) is 1.38. The quantitative estimate of drug-likeness (QED) is 0.427. The van der Waals surface area contributed by atoms with Crippen LogP contribution in [0.3, 0.4) is 0 Å². The summed E-state index contributed by atoms with van der Waals surface area (Å²) in [6.07, 6.45) is -0.384. The van der Waals surface area contributed by atoms with Crippen LogP contribution in [-0.2, 0) is 11.3 Å². The number of nitrogens with zero attached hydrogens (tertiary/aromatic N) is 3. The van der Waals surface area contributed by atoms with Crippen LogP contribution in [0.4, 0.5) is 10.1 Å². The monoisotopic (exact) mass is 456 g/mol. The molecule has 1 atom stereocenters. The molecule has 0 spiro atoms. The lowest BCUT2D eigenvalue weighted by atomic mass is 10.1. The lowest BCUT2D eigenvalue weighted by Gasteiger charge is -2.17. The number of aromatic nitrogens is 3. The summed E-state index contributed by atoms with van der Waals surface area (Å²) in [4.78, 5) is 12.5. The average molecular weight is 457 g/mol. The van der Waals surface area contributed by atoms with Gasteiger partial charge in [0, 0.05) is 12.2 Å². The van der Waals surface area contributed by atoms with E-state index in [0.717, 1.165) is 11.3 Å². The molecule has 32 heavy (non-hydrogen) atoms. The van der Waals surface area contributed by atoms with Crippen LogP contribution < -0.4 is 10.1 Å². The zero-order valence-corrected chi connectivity index (χ0v) is 19.9. The molecule has 1 N–H and O–H groups in total. The molecule has 0 saturated carbocycles. The standard InChI is InChI=1S/C24H29FN4O2S/c1-15(2)13-29-23(18(5)31-21-10-7-19(25)8-11-21)27-28-24(29)32-14-22(30)26-20-9-6-16(3)17(4)12-20/h6-12,15,18H,13-14H2,1-5H3,(H,26,30). The summed E-state index contributed by atoms with van der Waals surface area (Å²) in [6, 6.07) is 11.7. The maximum absolute atomic E-state index is 13.2. The number of carbonyl (C=O) groups excluding carboxylic acids is 1. The Kier molecular flexibility index (Phi) is 7.90. The fourth-order valence-corrected chi connectivity index (χ4v) is 3.92. The molecule has 1 unspecified atom stereocenters. The van der Waals surface area contributed by atoms with E-state index >= 15 is 0 Å². The lowest BCUT2D eigenvalue weighted by molar-refractivity contribution is -0.113. The number of anilines is 1. The van der Waals surface area contributed by atoms with Gasteiger partial charge in [0.2, 0.25) is 5.91 Å². The van der Waals surface area contributed by atoms with E-state index < -0.39 is 0 Å². The maximum atomic E-state index is 13.2. The number of aryl methyl sites for hydroxylation is 2. The Labute approximate surface area is 192 Å². The summed E-state index contributed by atoms with van der Waals surface area (Å²) in [7, 11) is 0. The van der Waals surface area contributed by atoms with Crippen LogP contribution >= 0.6 is 11.8 Å².